The van der Waals surface area contributed by atoms with E-state index in [0.29, 0.717) is 29.1 Å². The Labute approximate surface area is 171 Å². The molecule has 156 valence electrons. The quantitative estimate of drug-likeness (QED) is 0.713. The lowest BCUT2D eigenvalue weighted by atomic mass is 10.1. The van der Waals surface area contributed by atoms with E-state index in [2.05, 4.69) is 15.3 Å². The van der Waals surface area contributed by atoms with Crippen molar-refractivity contribution in [2.75, 3.05) is 19.6 Å². The fourth-order valence-corrected chi connectivity index (χ4v) is 3.47. The summed E-state index contributed by atoms with van der Waals surface area (Å²) in [6.07, 6.45) is 4.10. The zero-order valence-corrected chi connectivity index (χ0v) is 16.4. The number of rotatable bonds is 4. The van der Waals surface area contributed by atoms with Crippen molar-refractivity contribution < 1.29 is 18.4 Å². The lowest BCUT2D eigenvalue weighted by Crippen LogP contribution is -2.42. The van der Waals surface area contributed by atoms with Crippen LogP contribution in [0, 0.1) is 0 Å². The van der Waals surface area contributed by atoms with Crippen molar-refractivity contribution in [1.29, 1.82) is 0 Å². The Hall–Kier alpha value is -3.36. The van der Waals surface area contributed by atoms with Crippen LogP contribution < -0.4 is 5.32 Å². The number of fused-ring (bicyclic) bond motifs is 1. The van der Waals surface area contributed by atoms with Crippen LogP contribution in [0.2, 0.25) is 0 Å². The topological polar surface area (TPSA) is 80.1 Å². The molecule has 0 unspecified atom stereocenters. The van der Waals surface area contributed by atoms with Gasteiger partial charge in [-0.05, 0) is 31.2 Å². The summed E-state index contributed by atoms with van der Waals surface area (Å²) in [6.45, 7) is 2.45. The van der Waals surface area contributed by atoms with Crippen LogP contribution >= 0.6 is 0 Å². The average molecular weight is 413 g/mol. The van der Waals surface area contributed by atoms with Crippen LogP contribution in [0.3, 0.4) is 0 Å². The summed E-state index contributed by atoms with van der Waals surface area (Å²) < 4.78 is 28.4. The van der Waals surface area contributed by atoms with Gasteiger partial charge in [-0.25, -0.2) is 18.7 Å². The lowest BCUT2D eigenvalue weighted by Gasteiger charge is -2.31. The third-order valence-corrected chi connectivity index (χ3v) is 5.15. The molecular formula is C21H21F2N5O2. The van der Waals surface area contributed by atoms with Crippen LogP contribution in [0.25, 0.3) is 16.9 Å². The number of nitrogens with zero attached hydrogens (tertiary/aromatic N) is 4. The maximum absolute atomic E-state index is 13.3. The second-order valence-corrected chi connectivity index (χ2v) is 7.24. The molecular weight excluding hydrogens is 392 g/mol. The highest BCUT2D eigenvalue weighted by Crippen LogP contribution is 2.28. The van der Waals surface area contributed by atoms with Crippen LogP contribution in [0.15, 0.2) is 42.9 Å². The summed E-state index contributed by atoms with van der Waals surface area (Å²) in [4.78, 5) is 34.7. The molecule has 1 saturated heterocycles. The lowest BCUT2D eigenvalue weighted by molar-refractivity contribution is -0.0494. The van der Waals surface area contributed by atoms with Crippen molar-refractivity contribution >= 4 is 22.8 Å². The van der Waals surface area contributed by atoms with Gasteiger partial charge >= 0.3 is 0 Å². The number of amides is 2. The van der Waals surface area contributed by atoms with Gasteiger partial charge in [0.2, 0.25) is 0 Å². The van der Waals surface area contributed by atoms with Crippen molar-refractivity contribution in [2.45, 2.75) is 25.7 Å². The van der Waals surface area contributed by atoms with Gasteiger partial charge in [-0.2, -0.15) is 0 Å². The number of hydrogen-bond acceptors (Lipinski definition) is 4. The van der Waals surface area contributed by atoms with Gasteiger partial charge in [0.25, 0.3) is 17.7 Å². The number of halogens is 2. The van der Waals surface area contributed by atoms with Crippen LogP contribution in [0.5, 0.6) is 0 Å². The first kappa shape index (κ1) is 19.9. The SMILES string of the molecule is CCNC(=O)c1ccc(-n2ccc3cc(C(=O)N4CCC(F)(F)CC4)cnc32)nc1. The molecule has 30 heavy (non-hydrogen) atoms. The minimum absolute atomic E-state index is 0.0345. The van der Waals surface area contributed by atoms with Gasteiger partial charge in [0.05, 0.1) is 11.1 Å². The highest BCUT2D eigenvalue weighted by molar-refractivity contribution is 5.97. The van der Waals surface area contributed by atoms with Crippen molar-refractivity contribution in [2.24, 2.45) is 0 Å². The first-order chi connectivity index (χ1) is 14.4. The molecule has 0 aromatic carbocycles. The Bertz CT molecular complexity index is 1080. The number of nitrogens with one attached hydrogen (secondary N) is 1. The zero-order valence-electron chi connectivity index (χ0n) is 16.4. The Morgan fingerprint density at radius 3 is 2.50 bits per heavy atom. The van der Waals surface area contributed by atoms with Crippen LogP contribution in [-0.4, -0.2) is 56.8 Å². The van der Waals surface area contributed by atoms with Gasteiger partial charge in [-0.3, -0.25) is 14.2 Å². The predicted molar refractivity (Wildman–Crippen MR) is 107 cm³/mol. The Balaban J connectivity index is 1.55. The van der Waals surface area contributed by atoms with E-state index < -0.39 is 5.92 Å². The molecule has 4 rings (SSSR count). The monoisotopic (exact) mass is 413 g/mol. The number of carbonyl (C=O) groups is 2. The molecule has 1 N–H and O–H groups in total. The molecule has 3 aromatic heterocycles. The van der Waals surface area contributed by atoms with Gasteiger partial charge in [-0.15, -0.1) is 0 Å². The van der Waals surface area contributed by atoms with Gasteiger partial charge < -0.3 is 10.2 Å². The maximum Gasteiger partial charge on any atom is 0.255 e. The first-order valence-electron chi connectivity index (χ1n) is 9.77. The molecule has 0 saturated carbocycles. The summed E-state index contributed by atoms with van der Waals surface area (Å²) in [5.41, 5.74) is 1.44. The van der Waals surface area contributed by atoms with Gasteiger partial charge in [0.1, 0.15) is 11.5 Å². The van der Waals surface area contributed by atoms with Crippen LogP contribution in [0.1, 0.15) is 40.5 Å². The smallest absolute Gasteiger partial charge is 0.255 e. The minimum atomic E-state index is -2.70. The van der Waals surface area contributed by atoms with Gasteiger partial charge in [0, 0.05) is 56.5 Å². The molecule has 7 nitrogen and oxygen atoms in total. The average Bonchev–Trinajstić information content (AvgIpc) is 3.17. The van der Waals surface area contributed by atoms with E-state index in [1.54, 1.807) is 29.0 Å². The highest BCUT2D eigenvalue weighted by atomic mass is 19.3. The van der Waals surface area contributed by atoms with E-state index >= 15 is 0 Å². The molecule has 1 aliphatic rings. The molecule has 0 bridgehead atoms. The largest absolute Gasteiger partial charge is 0.352 e. The standard InChI is InChI=1S/C21H21F2N5O2/c1-2-24-19(29)15-3-4-17(25-12-15)28-8-5-14-11-16(13-26-18(14)28)20(30)27-9-6-21(22,23)7-10-27/h3-5,8,11-13H,2,6-7,9-10H2,1H3,(H,24,29). The van der Waals surface area contributed by atoms with E-state index in [9.17, 15) is 18.4 Å². The molecule has 1 fully saturated rings. The maximum atomic E-state index is 13.3. The van der Waals surface area contributed by atoms with Crippen molar-refractivity contribution in [3.05, 3.63) is 54.0 Å². The number of piperidine rings is 1. The Kier molecular flexibility index (Phi) is 5.19. The fraction of sp³-hybridized carbons (Fsp3) is 0.333. The molecule has 9 heteroatoms. The number of aromatic nitrogens is 3. The third kappa shape index (κ3) is 3.87. The molecule has 3 aromatic rings. The van der Waals surface area contributed by atoms with Gasteiger partial charge in [0.15, 0.2) is 0 Å². The number of pyridine rings is 2. The minimum Gasteiger partial charge on any atom is -0.352 e. The molecule has 0 atom stereocenters. The molecule has 4 heterocycles. The first-order valence-corrected chi connectivity index (χ1v) is 9.77. The Morgan fingerprint density at radius 2 is 1.83 bits per heavy atom. The van der Waals surface area contributed by atoms with Crippen LogP contribution in [-0.2, 0) is 0 Å². The second kappa shape index (κ2) is 7.81. The number of alkyl halides is 2. The highest BCUT2D eigenvalue weighted by Gasteiger charge is 2.35. The second-order valence-electron chi connectivity index (χ2n) is 7.24. The molecule has 0 aliphatic carbocycles. The molecule has 0 spiro atoms. The van der Waals surface area contributed by atoms with Gasteiger partial charge in [-0.1, -0.05) is 0 Å². The zero-order chi connectivity index (χ0) is 21.3. The van der Waals surface area contributed by atoms with E-state index in [4.69, 9.17) is 0 Å². The van der Waals surface area contributed by atoms with Crippen molar-refractivity contribution in [1.82, 2.24) is 24.8 Å². The van der Waals surface area contributed by atoms with E-state index in [0.717, 1.165) is 5.39 Å². The van der Waals surface area contributed by atoms with E-state index in [1.165, 1.54) is 17.3 Å². The normalized spacial score (nSPS) is 15.9. The van der Waals surface area contributed by atoms with E-state index in [1.807, 2.05) is 13.0 Å². The van der Waals surface area contributed by atoms with Crippen LogP contribution in [0.4, 0.5) is 8.78 Å². The summed E-state index contributed by atoms with van der Waals surface area (Å²) in [5.74, 6) is -2.60. The molecule has 2 amide bonds. The third-order valence-electron chi connectivity index (χ3n) is 5.15. The predicted octanol–water partition coefficient (Wildman–Crippen LogP) is 3.04. The van der Waals surface area contributed by atoms with Crippen molar-refractivity contribution in [3.63, 3.8) is 0 Å². The summed E-state index contributed by atoms with van der Waals surface area (Å²) in [5, 5.41) is 3.45. The van der Waals surface area contributed by atoms with E-state index in [-0.39, 0.29) is 37.7 Å². The Morgan fingerprint density at radius 1 is 1.10 bits per heavy atom. The number of hydrogen-bond donors (Lipinski definition) is 1. The molecule has 0 radical (unpaired) electrons. The summed E-state index contributed by atoms with van der Waals surface area (Å²) >= 11 is 0. The number of carbonyl (C=O) groups excluding carboxylic acids is 2. The summed E-state index contributed by atoms with van der Waals surface area (Å²) in [7, 11) is 0. The fourth-order valence-electron chi connectivity index (χ4n) is 3.47. The summed E-state index contributed by atoms with van der Waals surface area (Å²) in [6, 6.07) is 6.92. The number of likely N-dealkylation sites (tertiary alicyclic amines) is 1. The van der Waals surface area contributed by atoms with Crippen molar-refractivity contribution in [3.8, 4) is 5.82 Å². The molecule has 1 aliphatic heterocycles.